The van der Waals surface area contributed by atoms with E-state index in [1.165, 1.54) is 4.90 Å². The van der Waals surface area contributed by atoms with Crippen molar-refractivity contribution in [3.63, 3.8) is 0 Å². The van der Waals surface area contributed by atoms with Gasteiger partial charge in [-0.25, -0.2) is 4.79 Å². The quantitative estimate of drug-likeness (QED) is 0.457. The van der Waals surface area contributed by atoms with Crippen molar-refractivity contribution in [2.75, 3.05) is 13.6 Å². The molecule has 3 aliphatic rings. The summed E-state index contributed by atoms with van der Waals surface area (Å²) >= 11 is 1.60. The molecule has 0 radical (unpaired) electrons. The molecule has 0 bridgehead atoms. The van der Waals surface area contributed by atoms with Crippen LogP contribution in [-0.2, 0) is 9.59 Å². The van der Waals surface area contributed by atoms with Crippen LogP contribution in [-0.4, -0.2) is 70.1 Å². The number of halogens is 1. The zero-order chi connectivity index (χ0) is 19.2. The standard InChI is InChI=1S/C18H29N3O4S.ClH/c1-8(19-4)5-11-6-12(7-20-11)26-16-9(2)14-13(10(3)22)17(23)21(14)15(16)18(24)25;/h8-14,19-20,22H,5-7H2,1-4H3,(H,24,25);1H/t8?,9-,10-,11-,12+,13-,14-;/m1./s1. The van der Waals surface area contributed by atoms with Crippen molar-refractivity contribution in [3.05, 3.63) is 10.6 Å². The van der Waals surface area contributed by atoms with Crippen LogP contribution in [0.4, 0.5) is 0 Å². The number of hydrogen-bond donors (Lipinski definition) is 4. The highest BCUT2D eigenvalue weighted by Crippen LogP contribution is 2.51. The number of hydrogen-bond acceptors (Lipinski definition) is 6. The van der Waals surface area contributed by atoms with Gasteiger partial charge in [0.25, 0.3) is 0 Å². The lowest BCUT2D eigenvalue weighted by Crippen LogP contribution is -2.63. The first-order valence-corrected chi connectivity index (χ1v) is 10.2. The number of nitrogens with one attached hydrogen (secondary N) is 2. The van der Waals surface area contributed by atoms with E-state index in [1.807, 2.05) is 14.0 Å². The minimum atomic E-state index is -1.05. The molecule has 0 spiro atoms. The fourth-order valence-corrected chi connectivity index (χ4v) is 5.97. The molecule has 3 heterocycles. The number of aliphatic carboxylic acids is 1. The molecular formula is C18H30ClN3O4S. The SMILES string of the molecule is CNC(C)C[C@@H]1C[C@H](SC2=C(C(=O)O)N3C(=O)[C@H]([C@@H](C)O)[C@H]3[C@H]2C)CN1.Cl. The molecule has 2 saturated heterocycles. The number of nitrogens with zero attached hydrogens (tertiary/aromatic N) is 1. The summed E-state index contributed by atoms with van der Waals surface area (Å²) in [6.07, 6.45) is 1.26. The molecule has 1 amide bonds. The van der Waals surface area contributed by atoms with Gasteiger partial charge in [0, 0.05) is 34.7 Å². The number of aliphatic hydroxyl groups excluding tert-OH is 1. The summed E-state index contributed by atoms with van der Waals surface area (Å²) in [5.41, 5.74) is 0.126. The number of carbonyl (C=O) groups excluding carboxylic acids is 1. The van der Waals surface area contributed by atoms with Gasteiger partial charge in [-0.1, -0.05) is 6.92 Å². The second-order valence-electron chi connectivity index (χ2n) is 7.78. The van der Waals surface area contributed by atoms with Crippen molar-refractivity contribution < 1.29 is 19.8 Å². The predicted molar refractivity (Wildman–Crippen MR) is 108 cm³/mol. The third kappa shape index (κ3) is 4.00. The van der Waals surface area contributed by atoms with E-state index < -0.39 is 18.0 Å². The summed E-state index contributed by atoms with van der Waals surface area (Å²) < 4.78 is 0. The normalized spacial score (nSPS) is 34.8. The second-order valence-corrected chi connectivity index (χ2v) is 9.12. The number of fused-ring (bicyclic) bond motifs is 1. The molecule has 3 aliphatic heterocycles. The lowest BCUT2D eigenvalue weighted by atomic mass is 9.79. The molecule has 0 aromatic heterocycles. The van der Waals surface area contributed by atoms with Crippen molar-refractivity contribution in [1.29, 1.82) is 0 Å². The fourth-order valence-electron chi connectivity index (χ4n) is 4.45. The molecule has 3 rings (SSSR count). The Hall–Kier alpha value is -0.800. The zero-order valence-corrected chi connectivity index (χ0v) is 17.8. The molecule has 7 nitrogen and oxygen atoms in total. The van der Waals surface area contributed by atoms with Crippen molar-refractivity contribution in [2.45, 2.75) is 63.1 Å². The van der Waals surface area contributed by atoms with Gasteiger partial charge in [-0.15, -0.1) is 24.2 Å². The molecule has 0 aromatic carbocycles. The summed E-state index contributed by atoms with van der Waals surface area (Å²) in [6, 6.07) is 0.622. The number of aliphatic hydroxyl groups is 1. The van der Waals surface area contributed by atoms with Gasteiger partial charge in [-0.2, -0.15) is 0 Å². The van der Waals surface area contributed by atoms with Crippen molar-refractivity contribution in [2.24, 2.45) is 11.8 Å². The number of β-lactam (4-membered cyclic amide) rings is 1. The van der Waals surface area contributed by atoms with E-state index in [9.17, 15) is 19.8 Å². The van der Waals surface area contributed by atoms with Gasteiger partial charge in [-0.05, 0) is 33.7 Å². The monoisotopic (exact) mass is 419 g/mol. The van der Waals surface area contributed by atoms with Gasteiger partial charge < -0.3 is 25.7 Å². The minimum absolute atomic E-state index is 0. The molecule has 0 aromatic rings. The summed E-state index contributed by atoms with van der Waals surface area (Å²) in [5.74, 6) is -1.87. The summed E-state index contributed by atoms with van der Waals surface area (Å²) in [5, 5.41) is 26.7. The maximum Gasteiger partial charge on any atom is 0.353 e. The average Bonchev–Trinajstić information content (AvgIpc) is 3.09. The molecule has 0 saturated carbocycles. The summed E-state index contributed by atoms with van der Waals surface area (Å²) in [4.78, 5) is 26.4. The van der Waals surface area contributed by atoms with Gasteiger partial charge in [0.05, 0.1) is 18.1 Å². The second kappa shape index (κ2) is 8.69. The lowest BCUT2D eigenvalue weighted by molar-refractivity contribution is -0.163. The fraction of sp³-hybridized carbons (Fsp3) is 0.778. The van der Waals surface area contributed by atoms with Crippen LogP contribution < -0.4 is 10.6 Å². The summed E-state index contributed by atoms with van der Waals surface area (Å²) in [6.45, 7) is 6.57. The van der Waals surface area contributed by atoms with E-state index in [4.69, 9.17) is 0 Å². The molecule has 9 heteroatoms. The Morgan fingerprint density at radius 1 is 1.44 bits per heavy atom. The van der Waals surface area contributed by atoms with Gasteiger partial charge >= 0.3 is 5.97 Å². The smallest absolute Gasteiger partial charge is 0.353 e. The topological polar surface area (TPSA) is 102 Å². The molecule has 1 unspecified atom stereocenters. The molecule has 2 fully saturated rings. The first-order chi connectivity index (χ1) is 12.3. The summed E-state index contributed by atoms with van der Waals surface area (Å²) in [7, 11) is 1.95. The molecule has 4 N–H and O–H groups in total. The molecule has 154 valence electrons. The van der Waals surface area contributed by atoms with E-state index in [1.54, 1.807) is 18.7 Å². The van der Waals surface area contributed by atoms with E-state index in [-0.39, 0.29) is 36.0 Å². The van der Waals surface area contributed by atoms with E-state index in [0.717, 1.165) is 24.3 Å². The first-order valence-electron chi connectivity index (χ1n) is 9.32. The Morgan fingerprint density at radius 3 is 2.67 bits per heavy atom. The maximum atomic E-state index is 12.4. The highest BCUT2D eigenvalue weighted by molar-refractivity contribution is 8.03. The zero-order valence-electron chi connectivity index (χ0n) is 16.1. The third-order valence-electron chi connectivity index (χ3n) is 5.92. The number of carbonyl (C=O) groups is 2. The molecule has 27 heavy (non-hydrogen) atoms. The van der Waals surface area contributed by atoms with E-state index >= 15 is 0 Å². The lowest BCUT2D eigenvalue weighted by Gasteiger charge is -2.46. The molecular weight excluding hydrogens is 390 g/mol. The van der Waals surface area contributed by atoms with Crippen molar-refractivity contribution >= 4 is 36.0 Å². The van der Waals surface area contributed by atoms with E-state index in [0.29, 0.717) is 17.3 Å². The number of thioether (sulfide) groups is 1. The number of carboxylic acid groups (broad SMARTS) is 1. The number of amides is 1. The van der Waals surface area contributed by atoms with Crippen LogP contribution in [0.3, 0.4) is 0 Å². The first kappa shape index (κ1) is 22.5. The van der Waals surface area contributed by atoms with Crippen LogP contribution in [0.2, 0.25) is 0 Å². The Balaban J connectivity index is 0.00000261. The highest BCUT2D eigenvalue weighted by atomic mass is 35.5. The minimum Gasteiger partial charge on any atom is -0.477 e. The Kier molecular flexibility index (Phi) is 7.24. The molecule has 7 atom stereocenters. The van der Waals surface area contributed by atoms with Crippen LogP contribution in [0.5, 0.6) is 0 Å². The van der Waals surface area contributed by atoms with Crippen LogP contribution in [0, 0.1) is 11.8 Å². The van der Waals surface area contributed by atoms with Gasteiger partial charge in [0.2, 0.25) is 5.91 Å². The van der Waals surface area contributed by atoms with Gasteiger partial charge in [0.15, 0.2) is 0 Å². The Labute approximate surface area is 170 Å². The van der Waals surface area contributed by atoms with Crippen LogP contribution in [0.15, 0.2) is 10.6 Å². The Morgan fingerprint density at radius 2 is 2.11 bits per heavy atom. The third-order valence-corrected chi connectivity index (χ3v) is 7.43. The number of carboxylic acids is 1. The van der Waals surface area contributed by atoms with Gasteiger partial charge in [-0.3, -0.25) is 4.79 Å². The predicted octanol–water partition coefficient (Wildman–Crippen LogP) is 1.02. The van der Waals surface area contributed by atoms with Crippen molar-refractivity contribution in [3.8, 4) is 0 Å². The Bertz CT molecular complexity index is 630. The average molecular weight is 420 g/mol. The largest absolute Gasteiger partial charge is 0.477 e. The number of rotatable bonds is 7. The highest BCUT2D eigenvalue weighted by Gasteiger charge is 2.60. The van der Waals surface area contributed by atoms with Crippen LogP contribution in [0.25, 0.3) is 0 Å². The van der Waals surface area contributed by atoms with Crippen LogP contribution in [0.1, 0.15) is 33.6 Å². The van der Waals surface area contributed by atoms with Gasteiger partial charge in [0.1, 0.15) is 5.70 Å². The van der Waals surface area contributed by atoms with Crippen LogP contribution >= 0.6 is 24.2 Å². The van der Waals surface area contributed by atoms with Crippen molar-refractivity contribution in [1.82, 2.24) is 15.5 Å². The van der Waals surface area contributed by atoms with E-state index in [2.05, 4.69) is 17.6 Å². The molecule has 0 aliphatic carbocycles. The maximum absolute atomic E-state index is 12.4.